The van der Waals surface area contributed by atoms with E-state index in [1.165, 1.54) is 25.8 Å². The fourth-order valence-electron chi connectivity index (χ4n) is 3.00. The molecule has 2 fully saturated rings. The zero-order valence-corrected chi connectivity index (χ0v) is 9.91. The lowest BCUT2D eigenvalue weighted by atomic mass is 10.0. The van der Waals surface area contributed by atoms with Gasteiger partial charge in [0.2, 0.25) is 0 Å². The summed E-state index contributed by atoms with van der Waals surface area (Å²) in [5, 5.41) is 0. The summed E-state index contributed by atoms with van der Waals surface area (Å²) >= 11 is 0. The molecule has 0 spiro atoms. The number of nitrogens with zero attached hydrogens (tertiary/aromatic N) is 2. The van der Waals surface area contributed by atoms with E-state index in [0.717, 1.165) is 19.4 Å². The van der Waals surface area contributed by atoms with Gasteiger partial charge in [-0.15, -0.1) is 0 Å². The molecule has 0 aromatic heterocycles. The molecule has 0 aliphatic carbocycles. The fraction of sp³-hybridized carbons (Fsp3) is 0.917. The van der Waals surface area contributed by atoms with Gasteiger partial charge in [-0.25, -0.2) is 0 Å². The maximum absolute atomic E-state index is 11.4. The van der Waals surface area contributed by atoms with Crippen LogP contribution in [-0.4, -0.2) is 54.9 Å². The van der Waals surface area contributed by atoms with Crippen molar-refractivity contribution in [3.05, 3.63) is 0 Å². The predicted molar refractivity (Wildman–Crippen MR) is 60.9 cm³/mol. The minimum absolute atomic E-state index is 0.492. The highest BCUT2D eigenvalue weighted by atomic mass is 16.1. The van der Waals surface area contributed by atoms with Gasteiger partial charge in [0.15, 0.2) is 0 Å². The van der Waals surface area contributed by atoms with E-state index >= 15 is 0 Å². The summed E-state index contributed by atoms with van der Waals surface area (Å²) in [6.45, 7) is 2.34. The Bertz CT molecular complexity index is 224. The third-order valence-electron chi connectivity index (χ3n) is 3.72. The van der Waals surface area contributed by atoms with E-state index in [-0.39, 0.29) is 0 Å². The molecular weight excluding hydrogens is 188 g/mol. The lowest BCUT2D eigenvalue weighted by Gasteiger charge is -2.34. The fourth-order valence-corrected chi connectivity index (χ4v) is 3.00. The highest BCUT2D eigenvalue weighted by Gasteiger charge is 2.39. The summed E-state index contributed by atoms with van der Waals surface area (Å²) in [6.07, 6.45) is 5.36. The summed E-state index contributed by atoms with van der Waals surface area (Å²) in [6, 6.07) is 1.16. The summed E-state index contributed by atoms with van der Waals surface area (Å²) < 4.78 is 0. The Kier molecular flexibility index (Phi) is 3.42. The molecule has 3 nitrogen and oxygen atoms in total. The average Bonchev–Trinajstić information content (AvgIpc) is 2.42. The van der Waals surface area contributed by atoms with Crippen molar-refractivity contribution >= 4 is 5.78 Å². The highest BCUT2D eigenvalue weighted by molar-refractivity contribution is 5.80. The van der Waals surface area contributed by atoms with Gasteiger partial charge in [-0.1, -0.05) is 0 Å². The minimum atomic E-state index is 0.492. The molecular formula is C12H22N2O. The Balaban J connectivity index is 1.81. The number of ketones is 1. The first-order valence-electron chi connectivity index (χ1n) is 6.09. The quantitative estimate of drug-likeness (QED) is 0.695. The van der Waals surface area contributed by atoms with Gasteiger partial charge in [-0.2, -0.15) is 0 Å². The van der Waals surface area contributed by atoms with Gasteiger partial charge < -0.3 is 4.90 Å². The molecule has 0 amide bonds. The monoisotopic (exact) mass is 210 g/mol. The number of carbonyl (C=O) groups is 1. The van der Waals surface area contributed by atoms with Crippen LogP contribution in [0.2, 0.25) is 0 Å². The molecule has 2 saturated heterocycles. The van der Waals surface area contributed by atoms with Crippen molar-refractivity contribution in [3.63, 3.8) is 0 Å². The number of piperidine rings is 1. The van der Waals surface area contributed by atoms with Crippen molar-refractivity contribution in [2.24, 2.45) is 0 Å². The van der Waals surface area contributed by atoms with E-state index in [1.54, 1.807) is 0 Å². The normalized spacial score (nSPS) is 31.5. The summed E-state index contributed by atoms with van der Waals surface area (Å²) in [4.78, 5) is 16.2. The first-order chi connectivity index (χ1) is 7.16. The molecule has 0 radical (unpaired) electrons. The van der Waals surface area contributed by atoms with E-state index in [0.29, 0.717) is 17.9 Å². The topological polar surface area (TPSA) is 23.6 Å². The molecule has 2 heterocycles. The van der Waals surface area contributed by atoms with Crippen LogP contribution in [0.25, 0.3) is 0 Å². The molecule has 15 heavy (non-hydrogen) atoms. The second-order valence-corrected chi connectivity index (χ2v) is 5.23. The Morgan fingerprint density at radius 2 is 1.87 bits per heavy atom. The van der Waals surface area contributed by atoms with E-state index < -0.39 is 0 Å². The van der Waals surface area contributed by atoms with Gasteiger partial charge in [0.1, 0.15) is 5.78 Å². The molecule has 2 atom stereocenters. The van der Waals surface area contributed by atoms with Crippen LogP contribution in [0.5, 0.6) is 0 Å². The van der Waals surface area contributed by atoms with Crippen LogP contribution >= 0.6 is 0 Å². The smallest absolute Gasteiger partial charge is 0.136 e. The van der Waals surface area contributed by atoms with Crippen molar-refractivity contribution < 1.29 is 4.79 Å². The Morgan fingerprint density at radius 3 is 2.40 bits per heavy atom. The molecule has 0 N–H and O–H groups in total. The van der Waals surface area contributed by atoms with Crippen molar-refractivity contribution in [1.82, 2.24) is 9.80 Å². The van der Waals surface area contributed by atoms with Crippen molar-refractivity contribution in [2.75, 3.05) is 27.2 Å². The molecule has 2 bridgehead atoms. The van der Waals surface area contributed by atoms with Crippen LogP contribution in [0.1, 0.15) is 32.1 Å². The summed E-state index contributed by atoms with van der Waals surface area (Å²) in [7, 11) is 4.24. The molecule has 2 aliphatic heterocycles. The maximum atomic E-state index is 11.4. The van der Waals surface area contributed by atoms with E-state index in [2.05, 4.69) is 23.9 Å². The second kappa shape index (κ2) is 4.62. The molecule has 0 aromatic rings. The van der Waals surface area contributed by atoms with Gasteiger partial charge in [0.05, 0.1) is 0 Å². The van der Waals surface area contributed by atoms with Crippen LogP contribution in [0.4, 0.5) is 0 Å². The standard InChI is InChI=1S/C12H22N2O/c1-13(2)6-3-7-14-10-4-5-11(14)9-12(15)8-10/h10-11H,3-9H2,1-2H3. The van der Waals surface area contributed by atoms with Gasteiger partial charge >= 0.3 is 0 Å². The molecule has 86 valence electrons. The molecule has 2 unspecified atom stereocenters. The zero-order chi connectivity index (χ0) is 10.8. The highest BCUT2D eigenvalue weighted by Crippen LogP contribution is 2.33. The zero-order valence-electron chi connectivity index (χ0n) is 9.91. The van der Waals surface area contributed by atoms with E-state index in [4.69, 9.17) is 0 Å². The van der Waals surface area contributed by atoms with Crippen LogP contribution in [0, 0.1) is 0 Å². The van der Waals surface area contributed by atoms with Crippen LogP contribution in [0.15, 0.2) is 0 Å². The van der Waals surface area contributed by atoms with E-state index in [1.807, 2.05) is 0 Å². The summed E-state index contributed by atoms with van der Waals surface area (Å²) in [5.41, 5.74) is 0. The SMILES string of the molecule is CN(C)CCCN1C2CCC1CC(=O)C2. The van der Waals surface area contributed by atoms with Crippen molar-refractivity contribution in [2.45, 2.75) is 44.2 Å². The predicted octanol–water partition coefficient (Wildman–Crippen LogP) is 1.13. The average molecular weight is 210 g/mol. The van der Waals surface area contributed by atoms with Crippen molar-refractivity contribution in [1.29, 1.82) is 0 Å². The lowest BCUT2D eigenvalue weighted by molar-refractivity contribution is -0.123. The largest absolute Gasteiger partial charge is 0.309 e. The van der Waals surface area contributed by atoms with Crippen LogP contribution in [-0.2, 0) is 4.79 Å². The maximum Gasteiger partial charge on any atom is 0.136 e. The first-order valence-corrected chi connectivity index (χ1v) is 6.09. The number of hydrogen-bond acceptors (Lipinski definition) is 3. The van der Waals surface area contributed by atoms with Crippen molar-refractivity contribution in [3.8, 4) is 0 Å². The summed E-state index contributed by atoms with van der Waals surface area (Å²) in [5.74, 6) is 0.492. The number of Topliss-reactive ketones (excluding diaryl/α,β-unsaturated/α-hetero) is 1. The number of rotatable bonds is 4. The minimum Gasteiger partial charge on any atom is -0.309 e. The lowest BCUT2D eigenvalue weighted by Crippen LogP contribution is -2.44. The van der Waals surface area contributed by atoms with Gasteiger partial charge in [0, 0.05) is 24.9 Å². The number of fused-ring (bicyclic) bond motifs is 2. The number of hydrogen-bond donors (Lipinski definition) is 0. The second-order valence-electron chi connectivity index (χ2n) is 5.23. The molecule has 2 aliphatic rings. The molecule has 2 rings (SSSR count). The Morgan fingerprint density at radius 1 is 1.27 bits per heavy atom. The third kappa shape index (κ3) is 2.58. The van der Waals surface area contributed by atoms with E-state index in [9.17, 15) is 4.79 Å². The molecule has 0 aromatic carbocycles. The van der Waals surface area contributed by atoms with Crippen LogP contribution in [0.3, 0.4) is 0 Å². The van der Waals surface area contributed by atoms with Crippen LogP contribution < -0.4 is 0 Å². The van der Waals surface area contributed by atoms with Gasteiger partial charge in [0.25, 0.3) is 0 Å². The Labute approximate surface area is 92.4 Å². The third-order valence-corrected chi connectivity index (χ3v) is 3.72. The molecule has 3 heteroatoms. The van der Waals surface area contributed by atoms with Gasteiger partial charge in [-0.05, 0) is 46.4 Å². The first kappa shape index (κ1) is 11.1. The molecule has 0 saturated carbocycles. The van der Waals surface area contributed by atoms with Gasteiger partial charge in [-0.3, -0.25) is 9.69 Å². The Hall–Kier alpha value is -0.410. The number of carbonyl (C=O) groups excluding carboxylic acids is 1.